The Balaban J connectivity index is 2.00. The van der Waals surface area contributed by atoms with Crippen LogP contribution < -0.4 is 0 Å². The number of ether oxygens (including phenoxy) is 2. The zero-order chi connectivity index (χ0) is 13.0. The first kappa shape index (κ1) is 12.6. The Bertz CT molecular complexity index is 489. The van der Waals surface area contributed by atoms with Crippen molar-refractivity contribution >= 4 is 0 Å². The van der Waals surface area contributed by atoms with E-state index in [1.807, 2.05) is 43.3 Å². The molecule has 0 radical (unpaired) electrons. The molecule has 1 fully saturated rings. The van der Waals surface area contributed by atoms with Gasteiger partial charge in [0.2, 0.25) is 0 Å². The Kier molecular flexibility index (Phi) is 3.62. The highest BCUT2D eigenvalue weighted by Crippen LogP contribution is 2.44. The highest BCUT2D eigenvalue weighted by Gasteiger charge is 2.58. The van der Waals surface area contributed by atoms with Crippen LogP contribution in [0, 0.1) is 28.1 Å². The molecular weight excluding hydrogens is 228 g/mol. The Morgan fingerprint density at radius 1 is 1.33 bits per heavy atom. The first-order valence-corrected chi connectivity index (χ1v) is 5.88. The lowest BCUT2D eigenvalue weighted by molar-refractivity contribution is -0.319. The lowest BCUT2D eigenvalue weighted by Gasteiger charge is -2.46. The average molecular weight is 242 g/mol. The maximum atomic E-state index is 9.24. The molecule has 1 aliphatic rings. The number of hydrogen-bond acceptors (Lipinski definition) is 4. The van der Waals surface area contributed by atoms with Crippen molar-refractivity contribution in [3.8, 4) is 12.1 Å². The summed E-state index contributed by atoms with van der Waals surface area (Å²) in [4.78, 5) is 0. The fraction of sp³-hybridized carbons (Fsp3) is 0.429. The Morgan fingerprint density at radius 3 is 2.61 bits per heavy atom. The maximum Gasteiger partial charge on any atom is 0.181 e. The van der Waals surface area contributed by atoms with Crippen LogP contribution in [0.2, 0.25) is 0 Å². The topological polar surface area (TPSA) is 66.0 Å². The number of nitriles is 2. The van der Waals surface area contributed by atoms with Gasteiger partial charge in [-0.1, -0.05) is 37.3 Å². The van der Waals surface area contributed by atoms with Crippen molar-refractivity contribution in [3.05, 3.63) is 35.9 Å². The molecule has 1 heterocycles. The largest absolute Gasteiger partial charge is 0.346 e. The molecule has 18 heavy (non-hydrogen) atoms. The van der Waals surface area contributed by atoms with Gasteiger partial charge >= 0.3 is 0 Å². The van der Waals surface area contributed by atoms with E-state index in [2.05, 4.69) is 6.07 Å². The summed E-state index contributed by atoms with van der Waals surface area (Å²) in [5.41, 5.74) is 0.188. The van der Waals surface area contributed by atoms with Gasteiger partial charge in [-0.15, -0.1) is 0 Å². The van der Waals surface area contributed by atoms with E-state index in [0.29, 0.717) is 13.0 Å². The van der Waals surface area contributed by atoms with Crippen LogP contribution in [0.1, 0.15) is 18.9 Å². The van der Waals surface area contributed by atoms with E-state index in [1.54, 1.807) is 0 Å². The van der Waals surface area contributed by atoms with Crippen LogP contribution in [0.25, 0.3) is 0 Å². The summed E-state index contributed by atoms with van der Waals surface area (Å²) in [6.07, 6.45) is -0.758. The predicted molar refractivity (Wildman–Crippen MR) is 63.8 cm³/mol. The molecule has 0 spiro atoms. The van der Waals surface area contributed by atoms with Gasteiger partial charge in [0.1, 0.15) is 5.41 Å². The van der Waals surface area contributed by atoms with Gasteiger partial charge < -0.3 is 9.47 Å². The van der Waals surface area contributed by atoms with Crippen LogP contribution in [-0.2, 0) is 16.1 Å². The molecule has 1 aliphatic heterocycles. The predicted octanol–water partition coefficient (Wildman–Crippen LogP) is 2.37. The van der Waals surface area contributed by atoms with Gasteiger partial charge in [-0.05, 0) is 12.0 Å². The van der Waals surface area contributed by atoms with Gasteiger partial charge in [0, 0.05) is 0 Å². The van der Waals surface area contributed by atoms with Crippen molar-refractivity contribution in [2.45, 2.75) is 32.3 Å². The van der Waals surface area contributed by atoms with E-state index in [0.717, 1.165) is 5.56 Å². The first-order chi connectivity index (χ1) is 8.76. The summed E-state index contributed by atoms with van der Waals surface area (Å²) in [5, 5.41) is 18.1. The molecule has 0 aromatic heterocycles. The molecule has 2 rings (SSSR count). The van der Waals surface area contributed by atoms with Crippen LogP contribution >= 0.6 is 0 Å². The van der Waals surface area contributed by atoms with E-state index < -0.39 is 17.8 Å². The lowest BCUT2D eigenvalue weighted by Crippen LogP contribution is -2.59. The molecule has 3 unspecified atom stereocenters. The maximum absolute atomic E-state index is 9.24. The zero-order valence-electron chi connectivity index (χ0n) is 10.2. The average Bonchev–Trinajstić information content (AvgIpc) is 2.41. The molecule has 0 amide bonds. The summed E-state index contributed by atoms with van der Waals surface area (Å²) in [7, 11) is 0. The van der Waals surface area contributed by atoms with Crippen LogP contribution in [0.15, 0.2) is 30.3 Å². The normalized spacial score (nSPS) is 29.9. The highest BCUT2D eigenvalue weighted by atomic mass is 16.7. The summed E-state index contributed by atoms with van der Waals surface area (Å²) < 4.78 is 10.9. The van der Waals surface area contributed by atoms with Crippen molar-refractivity contribution in [2.75, 3.05) is 0 Å². The van der Waals surface area contributed by atoms with Crippen molar-refractivity contribution < 1.29 is 9.47 Å². The number of nitrogens with zero attached hydrogens (tertiary/aromatic N) is 2. The van der Waals surface area contributed by atoms with Crippen molar-refractivity contribution in [1.82, 2.24) is 0 Å². The van der Waals surface area contributed by atoms with Crippen LogP contribution in [0.3, 0.4) is 0 Å². The molecule has 0 saturated carbocycles. The second-order valence-corrected chi connectivity index (χ2v) is 4.28. The van der Waals surface area contributed by atoms with Gasteiger partial charge in [0.05, 0.1) is 18.7 Å². The zero-order valence-corrected chi connectivity index (χ0v) is 10.2. The molecule has 0 aliphatic carbocycles. The van der Waals surface area contributed by atoms with Crippen LogP contribution in [0.4, 0.5) is 0 Å². The second kappa shape index (κ2) is 5.18. The third-order valence-electron chi connectivity index (χ3n) is 3.30. The molecule has 1 aromatic rings. The molecule has 4 nitrogen and oxygen atoms in total. The van der Waals surface area contributed by atoms with Crippen molar-refractivity contribution in [1.29, 1.82) is 10.5 Å². The van der Waals surface area contributed by atoms with Crippen LogP contribution in [-0.4, -0.2) is 12.4 Å². The van der Waals surface area contributed by atoms with Crippen molar-refractivity contribution in [3.63, 3.8) is 0 Å². The van der Waals surface area contributed by atoms with E-state index in [1.165, 1.54) is 0 Å². The molecule has 92 valence electrons. The number of hydrogen-bond donors (Lipinski definition) is 0. The molecule has 3 atom stereocenters. The molecule has 1 saturated heterocycles. The van der Waals surface area contributed by atoms with Crippen LogP contribution in [0.5, 0.6) is 0 Å². The Morgan fingerprint density at radius 2 is 2.06 bits per heavy atom. The number of benzene rings is 1. The summed E-state index contributed by atoms with van der Waals surface area (Å²) in [5.74, 6) is 0. The molecule has 0 N–H and O–H groups in total. The Labute approximate surface area is 106 Å². The molecular formula is C14H14N2O2. The fourth-order valence-corrected chi connectivity index (χ4v) is 2.04. The third kappa shape index (κ3) is 1.97. The van der Waals surface area contributed by atoms with E-state index in [-0.39, 0.29) is 0 Å². The molecule has 4 heteroatoms. The molecule has 1 aromatic carbocycles. The van der Waals surface area contributed by atoms with E-state index in [4.69, 9.17) is 14.7 Å². The first-order valence-electron chi connectivity index (χ1n) is 5.88. The van der Waals surface area contributed by atoms with Gasteiger partial charge in [0.15, 0.2) is 12.4 Å². The van der Waals surface area contributed by atoms with E-state index >= 15 is 0 Å². The van der Waals surface area contributed by atoms with Gasteiger partial charge in [-0.2, -0.15) is 10.5 Å². The standard InChI is InChI=1S/C14H14N2O2/c1-2-14(10-16)12(8-15)18-13(14)17-9-11-6-4-3-5-7-11/h3-7,12-13H,2,9H2,1H3. The van der Waals surface area contributed by atoms with Gasteiger partial charge in [0.25, 0.3) is 0 Å². The van der Waals surface area contributed by atoms with E-state index in [9.17, 15) is 5.26 Å². The smallest absolute Gasteiger partial charge is 0.181 e. The monoisotopic (exact) mass is 242 g/mol. The SMILES string of the molecule is CCC1(C#N)C(C#N)OC1OCc1ccccc1. The quantitative estimate of drug-likeness (QED) is 0.813. The lowest BCUT2D eigenvalue weighted by atomic mass is 9.76. The minimum atomic E-state index is -0.830. The Hall–Kier alpha value is -1.88. The summed E-state index contributed by atoms with van der Waals surface area (Å²) >= 11 is 0. The summed E-state index contributed by atoms with van der Waals surface area (Å²) in [6.45, 7) is 2.25. The second-order valence-electron chi connectivity index (χ2n) is 4.28. The minimum absolute atomic E-state index is 0.382. The minimum Gasteiger partial charge on any atom is -0.346 e. The third-order valence-corrected chi connectivity index (χ3v) is 3.30. The van der Waals surface area contributed by atoms with Crippen molar-refractivity contribution in [2.24, 2.45) is 5.41 Å². The number of rotatable bonds is 4. The highest BCUT2D eigenvalue weighted by molar-refractivity contribution is 5.19. The van der Waals surface area contributed by atoms with Gasteiger partial charge in [-0.25, -0.2) is 0 Å². The fourth-order valence-electron chi connectivity index (χ4n) is 2.04. The molecule has 0 bridgehead atoms. The summed E-state index contributed by atoms with van der Waals surface area (Å²) in [6, 6.07) is 13.9. The van der Waals surface area contributed by atoms with Gasteiger partial charge in [-0.3, -0.25) is 0 Å².